The van der Waals surface area contributed by atoms with E-state index >= 15 is 0 Å². The van der Waals surface area contributed by atoms with Crippen molar-refractivity contribution in [2.75, 3.05) is 13.1 Å². The van der Waals surface area contributed by atoms with Gasteiger partial charge >= 0.3 is 6.09 Å². The van der Waals surface area contributed by atoms with Gasteiger partial charge in [-0.1, -0.05) is 68.4 Å². The maximum atomic E-state index is 12.4. The van der Waals surface area contributed by atoms with Gasteiger partial charge in [-0.15, -0.1) is 0 Å². The van der Waals surface area contributed by atoms with Gasteiger partial charge in [-0.2, -0.15) is 0 Å². The molecular weight excluding hydrogens is 312 g/mol. The Morgan fingerprint density at radius 3 is 2.68 bits per heavy atom. The fourth-order valence-corrected chi connectivity index (χ4v) is 3.24. The lowest BCUT2D eigenvalue weighted by Crippen LogP contribution is -2.41. The molecule has 1 saturated heterocycles. The van der Waals surface area contributed by atoms with Crippen LogP contribution in [0.2, 0.25) is 0 Å². The number of amides is 1. The molecule has 2 aromatic carbocycles. The molecule has 1 fully saturated rings. The van der Waals surface area contributed by atoms with E-state index in [1.807, 2.05) is 30.3 Å². The SMILES string of the molecule is CC(C)c1cccc(C2(N)CCN(C(=O)OCc3ccccc3)C2)c1. The summed E-state index contributed by atoms with van der Waals surface area (Å²) >= 11 is 0. The van der Waals surface area contributed by atoms with E-state index in [0.29, 0.717) is 19.0 Å². The molecule has 0 spiro atoms. The Balaban J connectivity index is 1.64. The van der Waals surface area contributed by atoms with Crippen LogP contribution in [-0.4, -0.2) is 24.1 Å². The number of ether oxygens (including phenoxy) is 1. The van der Waals surface area contributed by atoms with Crippen molar-refractivity contribution in [2.24, 2.45) is 5.73 Å². The lowest BCUT2D eigenvalue weighted by atomic mass is 9.87. The van der Waals surface area contributed by atoms with Crippen LogP contribution in [0.3, 0.4) is 0 Å². The first-order chi connectivity index (χ1) is 12.0. The van der Waals surface area contributed by atoms with E-state index in [9.17, 15) is 4.79 Å². The molecule has 4 nitrogen and oxygen atoms in total. The predicted octanol–water partition coefficient (Wildman–Crippen LogP) is 4.01. The molecule has 4 heteroatoms. The highest BCUT2D eigenvalue weighted by Crippen LogP contribution is 2.31. The first kappa shape index (κ1) is 17.5. The average Bonchev–Trinajstić information content (AvgIpc) is 3.04. The van der Waals surface area contributed by atoms with Gasteiger partial charge in [0.25, 0.3) is 0 Å². The zero-order chi connectivity index (χ0) is 17.9. The molecule has 1 unspecified atom stereocenters. The third kappa shape index (κ3) is 4.02. The highest BCUT2D eigenvalue weighted by molar-refractivity contribution is 5.68. The molecule has 132 valence electrons. The highest BCUT2D eigenvalue weighted by atomic mass is 16.6. The molecule has 1 atom stereocenters. The topological polar surface area (TPSA) is 55.6 Å². The number of nitrogens with two attached hydrogens (primary N) is 1. The van der Waals surface area contributed by atoms with Crippen molar-refractivity contribution < 1.29 is 9.53 Å². The first-order valence-corrected chi connectivity index (χ1v) is 8.83. The molecular formula is C21H26N2O2. The molecule has 2 aromatic rings. The zero-order valence-electron chi connectivity index (χ0n) is 14.9. The van der Waals surface area contributed by atoms with Crippen LogP contribution in [0, 0.1) is 0 Å². The minimum absolute atomic E-state index is 0.288. The molecule has 0 bridgehead atoms. The summed E-state index contributed by atoms with van der Waals surface area (Å²) in [5, 5.41) is 0. The van der Waals surface area contributed by atoms with E-state index in [4.69, 9.17) is 10.5 Å². The summed E-state index contributed by atoms with van der Waals surface area (Å²) in [4.78, 5) is 14.1. The normalized spacial score (nSPS) is 20.1. The molecule has 0 aromatic heterocycles. The van der Waals surface area contributed by atoms with Gasteiger partial charge in [0.2, 0.25) is 0 Å². The second-order valence-electron chi connectivity index (χ2n) is 7.15. The van der Waals surface area contributed by atoms with Gasteiger partial charge in [-0.05, 0) is 29.0 Å². The Morgan fingerprint density at radius 1 is 1.20 bits per heavy atom. The number of benzene rings is 2. The molecule has 3 rings (SSSR count). The van der Waals surface area contributed by atoms with Crippen molar-refractivity contribution >= 4 is 6.09 Å². The summed E-state index contributed by atoms with van der Waals surface area (Å²) in [6.07, 6.45) is 0.450. The minimum Gasteiger partial charge on any atom is -0.445 e. The molecule has 25 heavy (non-hydrogen) atoms. The maximum absolute atomic E-state index is 12.4. The van der Waals surface area contributed by atoms with Gasteiger partial charge in [-0.25, -0.2) is 4.79 Å². The summed E-state index contributed by atoms with van der Waals surface area (Å²) in [7, 11) is 0. The molecule has 0 aliphatic carbocycles. The van der Waals surface area contributed by atoms with Crippen molar-refractivity contribution in [1.29, 1.82) is 0 Å². The van der Waals surface area contributed by atoms with E-state index in [-0.39, 0.29) is 12.7 Å². The van der Waals surface area contributed by atoms with Gasteiger partial charge in [-0.3, -0.25) is 0 Å². The third-order valence-electron chi connectivity index (χ3n) is 4.89. The van der Waals surface area contributed by atoms with E-state index in [1.54, 1.807) is 4.90 Å². The van der Waals surface area contributed by atoms with Crippen LogP contribution in [0.15, 0.2) is 54.6 Å². The lowest BCUT2D eigenvalue weighted by Gasteiger charge is -2.26. The Labute approximate surface area is 149 Å². The molecule has 1 amide bonds. The van der Waals surface area contributed by atoms with Crippen LogP contribution in [-0.2, 0) is 16.9 Å². The van der Waals surface area contributed by atoms with Crippen LogP contribution < -0.4 is 5.73 Å². The van der Waals surface area contributed by atoms with Crippen LogP contribution in [0.25, 0.3) is 0 Å². The minimum atomic E-state index is -0.503. The maximum Gasteiger partial charge on any atom is 0.410 e. The van der Waals surface area contributed by atoms with E-state index in [1.165, 1.54) is 5.56 Å². The van der Waals surface area contributed by atoms with E-state index in [0.717, 1.165) is 17.5 Å². The molecule has 2 N–H and O–H groups in total. The fourth-order valence-electron chi connectivity index (χ4n) is 3.24. The third-order valence-corrected chi connectivity index (χ3v) is 4.89. The number of hydrogen-bond donors (Lipinski definition) is 1. The van der Waals surface area contributed by atoms with Crippen LogP contribution >= 0.6 is 0 Å². The van der Waals surface area contributed by atoms with Crippen LogP contribution in [0.5, 0.6) is 0 Å². The van der Waals surface area contributed by atoms with Crippen molar-refractivity contribution in [3.8, 4) is 0 Å². The van der Waals surface area contributed by atoms with Gasteiger partial charge in [0, 0.05) is 13.1 Å². The Bertz CT molecular complexity index is 730. The summed E-state index contributed by atoms with van der Waals surface area (Å²) in [5.41, 5.74) is 9.48. The molecule has 1 aliphatic rings. The quantitative estimate of drug-likeness (QED) is 0.916. The molecule has 0 radical (unpaired) electrons. The molecule has 1 heterocycles. The number of carbonyl (C=O) groups is 1. The lowest BCUT2D eigenvalue weighted by molar-refractivity contribution is 0.102. The van der Waals surface area contributed by atoms with Gasteiger partial charge in [0.15, 0.2) is 0 Å². The Hall–Kier alpha value is -2.33. The van der Waals surface area contributed by atoms with Gasteiger partial charge < -0.3 is 15.4 Å². The first-order valence-electron chi connectivity index (χ1n) is 8.83. The van der Waals surface area contributed by atoms with Gasteiger partial charge in [0.05, 0.1) is 5.54 Å². The summed E-state index contributed by atoms with van der Waals surface area (Å²) in [6.45, 7) is 5.74. The number of hydrogen-bond acceptors (Lipinski definition) is 3. The number of carbonyl (C=O) groups excluding carboxylic acids is 1. The Morgan fingerprint density at radius 2 is 1.96 bits per heavy atom. The van der Waals surface area contributed by atoms with Crippen LogP contribution in [0.4, 0.5) is 4.79 Å². The predicted molar refractivity (Wildman–Crippen MR) is 99.2 cm³/mol. The number of likely N-dealkylation sites (tertiary alicyclic amines) is 1. The summed E-state index contributed by atoms with van der Waals surface area (Å²) in [5.74, 6) is 0.455. The second kappa shape index (κ2) is 7.28. The monoisotopic (exact) mass is 338 g/mol. The molecule has 0 saturated carbocycles. The van der Waals surface area contributed by atoms with Crippen molar-refractivity contribution in [2.45, 2.75) is 38.3 Å². The van der Waals surface area contributed by atoms with E-state index < -0.39 is 5.54 Å². The van der Waals surface area contributed by atoms with Crippen LogP contribution in [0.1, 0.15) is 42.9 Å². The standard InChI is InChI=1S/C21H26N2O2/c1-16(2)18-9-6-10-19(13-18)21(22)11-12-23(15-21)20(24)25-14-17-7-4-3-5-8-17/h3-10,13,16H,11-12,14-15,22H2,1-2H3. The smallest absolute Gasteiger partial charge is 0.410 e. The van der Waals surface area contributed by atoms with E-state index in [2.05, 4.69) is 38.1 Å². The zero-order valence-corrected chi connectivity index (χ0v) is 14.9. The second-order valence-corrected chi connectivity index (χ2v) is 7.15. The van der Waals surface area contributed by atoms with Crippen molar-refractivity contribution in [1.82, 2.24) is 4.90 Å². The van der Waals surface area contributed by atoms with Crippen molar-refractivity contribution in [3.63, 3.8) is 0 Å². The molecule has 1 aliphatic heterocycles. The summed E-state index contributed by atoms with van der Waals surface area (Å²) in [6, 6.07) is 18.1. The van der Waals surface area contributed by atoms with Gasteiger partial charge in [0.1, 0.15) is 6.61 Å². The largest absolute Gasteiger partial charge is 0.445 e. The summed E-state index contributed by atoms with van der Waals surface area (Å²) < 4.78 is 5.43. The average molecular weight is 338 g/mol. The number of rotatable bonds is 4. The highest BCUT2D eigenvalue weighted by Gasteiger charge is 2.38. The Kier molecular flexibility index (Phi) is 5.09. The number of nitrogens with zero attached hydrogens (tertiary/aromatic N) is 1. The van der Waals surface area contributed by atoms with Crippen molar-refractivity contribution in [3.05, 3.63) is 71.3 Å². The fraction of sp³-hybridized carbons (Fsp3) is 0.381.